The monoisotopic (exact) mass is 787 g/mol. The lowest BCUT2D eigenvalue weighted by molar-refractivity contribution is -0.194. The highest BCUT2D eigenvalue weighted by molar-refractivity contribution is 7.54. The summed E-state index contributed by atoms with van der Waals surface area (Å²) in [6.07, 6.45) is 11.6. The molecule has 0 aromatic heterocycles. The van der Waals surface area contributed by atoms with E-state index in [1.54, 1.807) is 12.1 Å². The second-order valence-corrected chi connectivity index (χ2v) is 27.7. The van der Waals surface area contributed by atoms with E-state index in [1.165, 1.54) is 51.4 Å². The molecule has 4 saturated carbocycles. The number of carbonyl (C=O) groups is 1. The van der Waals surface area contributed by atoms with E-state index < -0.39 is 21.8 Å². The third-order valence-electron chi connectivity index (χ3n) is 16.1. The van der Waals surface area contributed by atoms with Gasteiger partial charge in [-0.3, -0.25) is 9.32 Å². The van der Waals surface area contributed by atoms with E-state index in [0.717, 1.165) is 24.2 Å². The first-order valence-corrected chi connectivity index (χ1v) is 26.6. The summed E-state index contributed by atoms with van der Waals surface area (Å²) in [6, 6.07) is 9.24. The largest absolute Gasteiger partial charge is 0.424 e. The van der Waals surface area contributed by atoms with Crippen LogP contribution >= 0.6 is 7.60 Å². The van der Waals surface area contributed by atoms with E-state index in [1.807, 2.05) is 39.0 Å². The number of carbonyl (C=O) groups excluding carboxylic acids is 1. The molecule has 4 fully saturated rings. The quantitative estimate of drug-likeness (QED) is 0.123. The smallest absolute Gasteiger partial charge is 0.379 e. The fraction of sp³-hybridized carbons (Fsp3) is 0.848. The molecule has 13 atom stereocenters. The van der Waals surface area contributed by atoms with Crippen molar-refractivity contribution in [2.45, 2.75) is 164 Å². The summed E-state index contributed by atoms with van der Waals surface area (Å²) in [6.45, 7) is 30.9. The number of para-hydroxylation sites is 1. The highest BCUT2D eigenvalue weighted by Gasteiger charge is 2.66. The average molecular weight is 787 g/mol. The fourth-order valence-electron chi connectivity index (χ4n) is 12.0. The van der Waals surface area contributed by atoms with Crippen LogP contribution in [0, 0.1) is 64.1 Å². The van der Waals surface area contributed by atoms with Gasteiger partial charge in [0.2, 0.25) is 0 Å². The van der Waals surface area contributed by atoms with Gasteiger partial charge in [-0.1, -0.05) is 93.4 Å². The molecule has 0 saturated heterocycles. The molecule has 0 bridgehead atoms. The Bertz CT molecular complexity index is 1440. The minimum absolute atomic E-state index is 0.00417. The maximum Gasteiger partial charge on any atom is 0.379 e. The van der Waals surface area contributed by atoms with Crippen molar-refractivity contribution in [3.63, 3.8) is 0 Å². The summed E-state index contributed by atoms with van der Waals surface area (Å²) in [4.78, 5) is 12.9. The lowest BCUT2D eigenvalue weighted by Gasteiger charge is -2.66. The van der Waals surface area contributed by atoms with Gasteiger partial charge in [0, 0.05) is 5.92 Å². The highest BCUT2D eigenvalue weighted by atomic mass is 31.2. The van der Waals surface area contributed by atoms with Crippen LogP contribution in [0.5, 0.6) is 5.75 Å². The first kappa shape index (κ1) is 44.1. The molecule has 1 aromatic rings. The predicted molar refractivity (Wildman–Crippen MR) is 226 cm³/mol. The number of hydrogen-bond acceptors (Lipinski definition) is 6. The van der Waals surface area contributed by atoms with Gasteiger partial charge < -0.3 is 13.7 Å². The number of ketones is 1. The Kier molecular flexibility index (Phi) is 14.0. The van der Waals surface area contributed by atoms with Crippen LogP contribution < -0.4 is 4.52 Å². The molecule has 54 heavy (non-hydrogen) atoms. The van der Waals surface area contributed by atoms with Crippen molar-refractivity contribution in [3.05, 3.63) is 30.3 Å². The zero-order chi connectivity index (χ0) is 39.9. The molecule has 4 aliphatic rings. The lowest BCUT2D eigenvalue weighted by atomic mass is 9.41. The van der Waals surface area contributed by atoms with Crippen molar-refractivity contribution in [2.24, 2.45) is 64.1 Å². The predicted octanol–water partition coefficient (Wildman–Crippen LogP) is 12.9. The maximum atomic E-state index is 14.4. The Morgan fingerprint density at radius 3 is 2.22 bits per heavy atom. The van der Waals surface area contributed by atoms with E-state index >= 15 is 0 Å². The minimum atomic E-state index is -3.62. The third kappa shape index (κ3) is 9.16. The van der Waals surface area contributed by atoms with Crippen molar-refractivity contribution in [2.75, 3.05) is 19.4 Å². The Hall–Kier alpha value is -0.983. The Morgan fingerprint density at radius 2 is 1.59 bits per heavy atom. The van der Waals surface area contributed by atoms with Crippen molar-refractivity contribution in [1.82, 2.24) is 0 Å². The zero-order valence-corrected chi connectivity index (χ0v) is 38.5. The molecule has 0 amide bonds. The second-order valence-electron chi connectivity index (χ2n) is 20.9. The molecule has 308 valence electrons. The topological polar surface area (TPSA) is 71.1 Å². The van der Waals surface area contributed by atoms with E-state index in [-0.39, 0.29) is 35.1 Å². The molecule has 0 heterocycles. The van der Waals surface area contributed by atoms with Gasteiger partial charge in [-0.05, 0) is 147 Å². The maximum absolute atomic E-state index is 14.4. The number of Topliss-reactive ketones (excluding diaryl/α,β-unsaturated/α-hetero) is 1. The molecule has 0 aliphatic heterocycles. The molecule has 5 unspecified atom stereocenters. The van der Waals surface area contributed by atoms with E-state index in [0.29, 0.717) is 53.5 Å². The zero-order valence-electron chi connectivity index (χ0n) is 36.6. The molecule has 1 aromatic carbocycles. The minimum Gasteiger partial charge on any atom is -0.424 e. The Labute approximate surface area is 332 Å². The normalized spacial score (nSPS) is 36.4. The molecule has 0 spiro atoms. The molecule has 6 nitrogen and oxygen atoms in total. The van der Waals surface area contributed by atoms with E-state index in [2.05, 4.69) is 68.5 Å². The van der Waals surface area contributed by atoms with E-state index in [4.69, 9.17) is 18.2 Å². The SMILES string of the molecule is CC[C@H]1C(O[Si](C)(C)C(C)(C)C)C2C(CC[C@@]3(C)C2CC[C@@H]3[C@H](C)CCO[P@](=O)(C[C@@H](C)C(=O)COC(C)C)Oc2ccccc2)[C@@]2(C)CC[C@@H](C)CC12. The van der Waals surface area contributed by atoms with Crippen molar-refractivity contribution in [1.29, 1.82) is 0 Å². The molecule has 8 heteroatoms. The van der Waals surface area contributed by atoms with Crippen LogP contribution in [0.25, 0.3) is 0 Å². The number of hydrogen-bond donors (Lipinski definition) is 0. The van der Waals surface area contributed by atoms with Crippen molar-refractivity contribution >= 4 is 21.7 Å². The standard InChI is InChI=1S/C46H79O6PSi/c1-14-36-40-28-32(4)22-25-46(40,11)39-23-26-45(10)37(20-21-38(45)42(39)43(36)52-54(12,13)44(7,8)9)33(5)24-27-50-53(48,51-35-18-16-15-17-19-35)30-34(6)41(47)29-49-31(2)3/h15-19,31-34,36-40,42-43H,14,20-30H2,1-13H3/t32-,33-,34-,36-,37-,38?,39?,40?,42?,43?,45-,46-,53-/m1/s1. The Morgan fingerprint density at radius 1 is 0.944 bits per heavy atom. The van der Waals surface area contributed by atoms with Gasteiger partial charge in [0.25, 0.3) is 0 Å². The van der Waals surface area contributed by atoms with Gasteiger partial charge in [-0.25, -0.2) is 4.57 Å². The number of fused-ring (bicyclic) bond motifs is 5. The molecule has 4 aliphatic carbocycles. The van der Waals surface area contributed by atoms with Crippen LogP contribution in [-0.2, 0) is 23.0 Å². The van der Waals surface area contributed by atoms with Crippen LogP contribution in [0.1, 0.15) is 134 Å². The summed E-state index contributed by atoms with van der Waals surface area (Å²) in [5, 5.41) is 0.183. The summed E-state index contributed by atoms with van der Waals surface area (Å²) in [5.41, 5.74) is 0.657. The third-order valence-corrected chi connectivity index (χ3v) is 22.6. The number of benzene rings is 1. The van der Waals surface area contributed by atoms with Gasteiger partial charge in [0.05, 0.1) is 25.0 Å². The second kappa shape index (κ2) is 17.1. The van der Waals surface area contributed by atoms with Crippen LogP contribution in [0.2, 0.25) is 18.1 Å². The molecule has 5 rings (SSSR count). The lowest BCUT2D eigenvalue weighted by Crippen LogP contribution is -2.64. The van der Waals surface area contributed by atoms with Gasteiger partial charge in [0.1, 0.15) is 12.4 Å². The van der Waals surface area contributed by atoms with Gasteiger partial charge in [-0.15, -0.1) is 0 Å². The van der Waals surface area contributed by atoms with Crippen molar-refractivity contribution < 1.29 is 27.6 Å². The summed E-state index contributed by atoms with van der Waals surface area (Å²) >= 11 is 0. The first-order valence-electron chi connectivity index (χ1n) is 22.0. The number of rotatable bonds is 16. The van der Waals surface area contributed by atoms with Gasteiger partial charge in [-0.2, -0.15) is 0 Å². The number of ether oxygens (including phenoxy) is 1. The van der Waals surface area contributed by atoms with Crippen LogP contribution in [0.3, 0.4) is 0 Å². The molecular formula is C46H79O6PSi. The molecule has 0 radical (unpaired) electrons. The van der Waals surface area contributed by atoms with Gasteiger partial charge in [0.15, 0.2) is 14.1 Å². The first-order chi connectivity index (χ1) is 25.2. The molecule has 0 N–H and O–H groups in total. The van der Waals surface area contributed by atoms with E-state index in [9.17, 15) is 9.36 Å². The van der Waals surface area contributed by atoms with Crippen LogP contribution in [0.15, 0.2) is 30.3 Å². The van der Waals surface area contributed by atoms with Gasteiger partial charge >= 0.3 is 7.60 Å². The summed E-state index contributed by atoms with van der Waals surface area (Å²) < 4.78 is 40.1. The fourth-order valence-corrected chi connectivity index (χ4v) is 15.3. The van der Waals surface area contributed by atoms with Crippen molar-refractivity contribution in [3.8, 4) is 5.75 Å². The Balaban J connectivity index is 1.35. The van der Waals surface area contributed by atoms with Crippen LogP contribution in [-0.4, -0.2) is 45.7 Å². The highest BCUT2D eigenvalue weighted by Crippen LogP contribution is 2.70. The average Bonchev–Trinajstić information content (AvgIpc) is 3.44. The molecular weight excluding hydrogens is 708 g/mol. The summed E-state index contributed by atoms with van der Waals surface area (Å²) in [5.74, 6) is 5.14. The summed E-state index contributed by atoms with van der Waals surface area (Å²) in [7, 11) is -5.63. The van der Waals surface area contributed by atoms with Crippen LogP contribution in [0.4, 0.5) is 0 Å².